The van der Waals surface area contributed by atoms with Crippen LogP contribution < -0.4 is 0 Å². The maximum Gasteiger partial charge on any atom is 0.254 e. The number of aryl methyl sites for hydroxylation is 1. The van der Waals surface area contributed by atoms with Crippen molar-refractivity contribution in [3.63, 3.8) is 0 Å². The van der Waals surface area contributed by atoms with Crippen LogP contribution >= 0.6 is 0 Å². The van der Waals surface area contributed by atoms with Crippen LogP contribution in [-0.2, 0) is 6.42 Å². The van der Waals surface area contributed by atoms with Gasteiger partial charge in [0.25, 0.3) is 5.91 Å². The van der Waals surface area contributed by atoms with E-state index in [1.807, 2.05) is 17.3 Å². The Bertz CT molecular complexity index is 914. The number of fused-ring (bicyclic) bond motifs is 1. The zero-order chi connectivity index (χ0) is 17.4. The smallest absolute Gasteiger partial charge is 0.254 e. The zero-order valence-corrected chi connectivity index (χ0v) is 14.1. The number of rotatable bonds is 3. The Kier molecular flexibility index (Phi) is 4.03. The van der Waals surface area contributed by atoms with Crippen molar-refractivity contribution in [3.05, 3.63) is 54.1 Å². The van der Waals surface area contributed by atoms with E-state index in [9.17, 15) is 9.18 Å². The molecule has 4 rings (SSSR count). The van der Waals surface area contributed by atoms with Crippen molar-refractivity contribution < 1.29 is 13.6 Å². The molecule has 1 aromatic carbocycles. The Hall–Kier alpha value is -2.63. The molecule has 1 saturated heterocycles. The highest BCUT2D eigenvalue weighted by atomic mass is 19.1. The molecule has 6 heteroatoms. The van der Waals surface area contributed by atoms with Gasteiger partial charge in [0.15, 0.2) is 11.4 Å². The first-order valence-electron chi connectivity index (χ1n) is 8.65. The van der Waals surface area contributed by atoms with Crippen LogP contribution in [0.2, 0.25) is 0 Å². The molecule has 0 bridgehead atoms. The van der Waals surface area contributed by atoms with E-state index in [4.69, 9.17) is 4.42 Å². The van der Waals surface area contributed by atoms with Gasteiger partial charge in [0.1, 0.15) is 5.82 Å². The Morgan fingerprint density at radius 2 is 2.28 bits per heavy atom. The number of nitrogens with zero attached hydrogens (tertiary/aromatic N) is 3. The molecule has 1 atom stereocenters. The van der Waals surface area contributed by atoms with Crippen LogP contribution in [0.1, 0.15) is 42.0 Å². The molecule has 1 aliphatic heterocycles. The second-order valence-electron chi connectivity index (χ2n) is 6.41. The number of benzene rings is 1. The Balaban J connectivity index is 1.61. The van der Waals surface area contributed by atoms with Gasteiger partial charge in [0.2, 0.25) is 0 Å². The van der Waals surface area contributed by atoms with Gasteiger partial charge in [-0.3, -0.25) is 4.79 Å². The van der Waals surface area contributed by atoms with Gasteiger partial charge in [-0.05, 0) is 31.0 Å². The lowest BCUT2D eigenvalue weighted by molar-refractivity contribution is 0.0680. The number of hydrogen-bond donors (Lipinski definition) is 0. The van der Waals surface area contributed by atoms with Gasteiger partial charge in [-0.2, -0.15) is 0 Å². The molecule has 0 N–H and O–H groups in total. The summed E-state index contributed by atoms with van der Waals surface area (Å²) in [5, 5.41) is 0.531. The fourth-order valence-corrected chi connectivity index (χ4v) is 3.70. The number of hydrogen-bond acceptors (Lipinski definition) is 3. The summed E-state index contributed by atoms with van der Waals surface area (Å²) in [6, 6.07) is 4.73. The molecule has 1 aliphatic rings. The molecule has 2 aromatic heterocycles. The zero-order valence-electron chi connectivity index (χ0n) is 14.1. The van der Waals surface area contributed by atoms with Crippen molar-refractivity contribution >= 4 is 16.9 Å². The Morgan fingerprint density at radius 3 is 3.12 bits per heavy atom. The van der Waals surface area contributed by atoms with Crippen molar-refractivity contribution in [1.82, 2.24) is 14.5 Å². The molecule has 1 unspecified atom stereocenters. The van der Waals surface area contributed by atoms with Crippen LogP contribution in [-0.4, -0.2) is 33.4 Å². The number of imidazole rings is 1. The minimum Gasteiger partial charge on any atom is -0.461 e. The fraction of sp³-hybridized carbons (Fsp3) is 0.368. The third kappa shape index (κ3) is 2.71. The van der Waals surface area contributed by atoms with Gasteiger partial charge in [-0.25, -0.2) is 9.37 Å². The van der Waals surface area contributed by atoms with E-state index >= 15 is 0 Å². The molecular formula is C19H20FN3O2. The first-order chi connectivity index (χ1) is 12.2. The van der Waals surface area contributed by atoms with Crippen LogP contribution in [0, 0.1) is 5.82 Å². The van der Waals surface area contributed by atoms with Crippen molar-refractivity contribution in [2.24, 2.45) is 0 Å². The Labute approximate surface area is 145 Å². The van der Waals surface area contributed by atoms with E-state index in [1.165, 1.54) is 12.3 Å². The second kappa shape index (κ2) is 6.35. The quantitative estimate of drug-likeness (QED) is 0.728. The number of carbonyl (C=O) groups is 1. The van der Waals surface area contributed by atoms with Crippen LogP contribution in [0.4, 0.5) is 4.39 Å². The maximum atomic E-state index is 13.8. The van der Waals surface area contributed by atoms with Crippen molar-refractivity contribution in [2.75, 3.05) is 13.1 Å². The topological polar surface area (TPSA) is 51.3 Å². The predicted octanol–water partition coefficient (Wildman–Crippen LogP) is 3.81. The van der Waals surface area contributed by atoms with Crippen molar-refractivity contribution in [1.29, 1.82) is 0 Å². The molecule has 0 radical (unpaired) electrons. The van der Waals surface area contributed by atoms with E-state index in [0.29, 0.717) is 24.0 Å². The number of furan rings is 1. The molecule has 130 valence electrons. The molecule has 0 spiro atoms. The molecule has 5 nitrogen and oxygen atoms in total. The molecule has 3 heterocycles. The molecule has 3 aromatic rings. The Morgan fingerprint density at radius 1 is 1.40 bits per heavy atom. The van der Waals surface area contributed by atoms with E-state index < -0.39 is 5.82 Å². The van der Waals surface area contributed by atoms with Gasteiger partial charge in [-0.1, -0.05) is 6.92 Å². The highest BCUT2D eigenvalue weighted by Crippen LogP contribution is 2.28. The number of piperidine rings is 1. The molecular weight excluding hydrogens is 321 g/mol. The molecule has 1 fully saturated rings. The molecule has 25 heavy (non-hydrogen) atoms. The summed E-state index contributed by atoms with van der Waals surface area (Å²) in [7, 11) is 0. The van der Waals surface area contributed by atoms with Crippen LogP contribution in [0.15, 0.2) is 41.3 Å². The summed E-state index contributed by atoms with van der Waals surface area (Å²) in [5.41, 5.74) is 0.634. The predicted molar refractivity (Wildman–Crippen MR) is 92.0 cm³/mol. The van der Waals surface area contributed by atoms with Gasteiger partial charge in [-0.15, -0.1) is 0 Å². The molecule has 0 aliphatic carbocycles. The maximum absolute atomic E-state index is 13.8. The minimum absolute atomic E-state index is 0.0748. The van der Waals surface area contributed by atoms with Crippen LogP contribution in [0.3, 0.4) is 0 Å². The highest BCUT2D eigenvalue weighted by Gasteiger charge is 2.27. The number of amides is 1. The summed E-state index contributed by atoms with van der Waals surface area (Å²) in [6.45, 7) is 3.43. The first-order valence-corrected chi connectivity index (χ1v) is 8.65. The van der Waals surface area contributed by atoms with Gasteiger partial charge in [0.05, 0.1) is 17.9 Å². The molecule has 0 saturated carbocycles. The monoisotopic (exact) mass is 341 g/mol. The number of aromatic nitrogens is 2. The standard InChI is InChI=1S/C19H20FN3O2/c1-2-17-21-8-10-23(17)13-4-3-9-22(12-13)19(24)15-5-6-16(20)18-14(15)7-11-25-18/h5-8,10-11,13H,2-4,9,12H2,1H3. The summed E-state index contributed by atoms with van der Waals surface area (Å²) in [5.74, 6) is 0.520. The normalized spacial score (nSPS) is 18.0. The summed E-state index contributed by atoms with van der Waals surface area (Å²) in [6.07, 6.45) is 8.05. The van der Waals surface area contributed by atoms with Crippen molar-refractivity contribution in [3.8, 4) is 0 Å². The number of halogens is 1. The molecule has 1 amide bonds. The van der Waals surface area contributed by atoms with Gasteiger partial charge in [0, 0.05) is 37.3 Å². The second-order valence-corrected chi connectivity index (χ2v) is 6.41. The fourth-order valence-electron chi connectivity index (χ4n) is 3.70. The number of carbonyl (C=O) groups excluding carboxylic acids is 1. The minimum atomic E-state index is -0.445. The third-order valence-electron chi connectivity index (χ3n) is 4.94. The number of likely N-dealkylation sites (tertiary alicyclic amines) is 1. The van der Waals surface area contributed by atoms with E-state index in [2.05, 4.69) is 16.5 Å². The van der Waals surface area contributed by atoms with Gasteiger partial charge >= 0.3 is 0 Å². The first kappa shape index (κ1) is 15.9. The highest BCUT2D eigenvalue weighted by molar-refractivity contribution is 6.06. The van der Waals surface area contributed by atoms with Crippen molar-refractivity contribution in [2.45, 2.75) is 32.2 Å². The summed E-state index contributed by atoms with van der Waals surface area (Å²) in [4.78, 5) is 19.3. The lowest BCUT2D eigenvalue weighted by atomic mass is 10.0. The average Bonchev–Trinajstić information content (AvgIpc) is 3.31. The third-order valence-corrected chi connectivity index (χ3v) is 4.94. The largest absolute Gasteiger partial charge is 0.461 e. The lowest BCUT2D eigenvalue weighted by Crippen LogP contribution is -2.41. The van der Waals surface area contributed by atoms with E-state index in [0.717, 1.165) is 25.1 Å². The average molecular weight is 341 g/mol. The van der Waals surface area contributed by atoms with Gasteiger partial charge < -0.3 is 13.9 Å². The summed E-state index contributed by atoms with van der Waals surface area (Å²) >= 11 is 0. The SMILES string of the molecule is CCc1nccn1C1CCCN(C(=O)c2ccc(F)c3occc23)C1. The summed E-state index contributed by atoms with van der Waals surface area (Å²) < 4.78 is 21.2. The lowest BCUT2D eigenvalue weighted by Gasteiger charge is -2.34. The van der Waals surface area contributed by atoms with Crippen LogP contribution in [0.5, 0.6) is 0 Å². The van der Waals surface area contributed by atoms with E-state index in [-0.39, 0.29) is 17.5 Å². The van der Waals surface area contributed by atoms with E-state index in [1.54, 1.807) is 12.1 Å². The van der Waals surface area contributed by atoms with Crippen LogP contribution in [0.25, 0.3) is 11.0 Å².